The van der Waals surface area contributed by atoms with Crippen LogP contribution in [0.25, 0.3) is 11.3 Å². The van der Waals surface area contributed by atoms with Crippen LogP contribution < -0.4 is 10.8 Å². The van der Waals surface area contributed by atoms with Crippen LogP contribution in [-0.4, -0.2) is 48.9 Å². The Morgan fingerprint density at radius 3 is 2.77 bits per heavy atom. The fourth-order valence-corrected chi connectivity index (χ4v) is 4.55. The molecule has 3 N–H and O–H groups in total. The molecule has 3 atom stereocenters. The number of aromatic amines is 1. The van der Waals surface area contributed by atoms with Gasteiger partial charge in [-0.05, 0) is 36.6 Å². The highest BCUT2D eigenvalue weighted by molar-refractivity contribution is 5.93. The number of H-pyrrole nitrogens is 1. The first-order valence-electron chi connectivity index (χ1n) is 9.73. The maximum atomic E-state index is 13.1. The standard InChI is InChI=1S/C20H20N6O4/c27-19(16-8-15(22-23-16)13-3-5-21-6-4-13)24-9-12-7-14(11-24)17-1-2-18(26(29)30)20(28)25(17)10-12/h1-6,8,12,14,26,29H,7,9-11H2,(H,22,23). The van der Waals surface area contributed by atoms with Crippen LogP contribution in [0.3, 0.4) is 0 Å². The third kappa shape index (κ3) is 3.11. The lowest BCUT2D eigenvalue weighted by atomic mass is 9.83. The second kappa shape index (κ2) is 7.17. The number of amides is 1. The molecule has 5 heterocycles. The predicted molar refractivity (Wildman–Crippen MR) is 105 cm³/mol. The molecule has 0 aromatic carbocycles. The summed E-state index contributed by atoms with van der Waals surface area (Å²) in [5.41, 5.74) is 2.08. The molecule has 2 bridgehead atoms. The Morgan fingerprint density at radius 2 is 2.00 bits per heavy atom. The number of carbonyl (C=O) groups is 1. The summed E-state index contributed by atoms with van der Waals surface area (Å²) in [5.74, 6) is -0.0282. The average molecular weight is 408 g/mol. The van der Waals surface area contributed by atoms with E-state index in [-0.39, 0.29) is 23.4 Å². The largest absolute Gasteiger partial charge is 0.595 e. The molecular weight excluding hydrogens is 388 g/mol. The van der Waals surface area contributed by atoms with Gasteiger partial charge in [-0.3, -0.25) is 19.7 Å². The second-order valence-corrected chi connectivity index (χ2v) is 7.80. The molecule has 10 heteroatoms. The topological polar surface area (TPSA) is 132 Å². The zero-order valence-electron chi connectivity index (χ0n) is 16.0. The summed E-state index contributed by atoms with van der Waals surface area (Å²) in [5, 5.41) is 26.4. The Labute approximate surface area is 170 Å². The number of piperidine rings is 1. The molecular formula is C20H20N6O4. The molecule has 0 aliphatic carbocycles. The highest BCUT2D eigenvalue weighted by Gasteiger charge is 2.37. The van der Waals surface area contributed by atoms with E-state index in [2.05, 4.69) is 15.2 Å². The molecule has 3 unspecified atom stereocenters. The van der Waals surface area contributed by atoms with E-state index in [0.29, 0.717) is 31.0 Å². The van der Waals surface area contributed by atoms with Gasteiger partial charge in [-0.15, -0.1) is 0 Å². The number of fused-ring (bicyclic) bond motifs is 4. The van der Waals surface area contributed by atoms with Crippen LogP contribution in [0.15, 0.2) is 47.5 Å². The quantitative estimate of drug-likeness (QED) is 0.534. The lowest BCUT2D eigenvalue weighted by molar-refractivity contribution is -0.992. The Bertz CT molecular complexity index is 1160. The molecule has 154 valence electrons. The number of rotatable bonds is 3. The third-order valence-corrected chi connectivity index (χ3v) is 5.91. The predicted octanol–water partition coefficient (Wildman–Crippen LogP) is 0.296. The van der Waals surface area contributed by atoms with E-state index in [1.165, 1.54) is 6.07 Å². The maximum Gasteiger partial charge on any atom is 0.315 e. The van der Waals surface area contributed by atoms with Gasteiger partial charge >= 0.3 is 5.56 Å². The van der Waals surface area contributed by atoms with E-state index in [0.717, 1.165) is 17.7 Å². The van der Waals surface area contributed by atoms with Crippen LogP contribution in [0.1, 0.15) is 28.5 Å². The molecule has 3 aromatic rings. The molecule has 2 aliphatic rings. The van der Waals surface area contributed by atoms with Crippen LogP contribution in [0.4, 0.5) is 5.69 Å². The molecule has 3 aromatic heterocycles. The average Bonchev–Trinajstić information content (AvgIpc) is 3.24. The number of nitrogens with zero attached hydrogens (tertiary/aromatic N) is 4. The molecule has 0 saturated carbocycles. The number of pyridine rings is 2. The van der Waals surface area contributed by atoms with Gasteiger partial charge in [-0.25, -0.2) is 5.21 Å². The molecule has 1 amide bonds. The number of hydrogen-bond acceptors (Lipinski definition) is 6. The number of quaternary nitrogens is 1. The Balaban J connectivity index is 1.39. The van der Waals surface area contributed by atoms with Gasteiger partial charge in [0, 0.05) is 55.3 Å². The summed E-state index contributed by atoms with van der Waals surface area (Å²) in [4.78, 5) is 31.4. The van der Waals surface area contributed by atoms with Gasteiger partial charge in [-0.1, -0.05) is 0 Å². The number of nitrogens with one attached hydrogen (secondary N) is 2. The smallest absolute Gasteiger partial charge is 0.315 e. The Hall–Kier alpha value is -3.34. The van der Waals surface area contributed by atoms with Gasteiger partial charge in [0.2, 0.25) is 5.69 Å². The van der Waals surface area contributed by atoms with Crippen molar-refractivity contribution in [3.63, 3.8) is 0 Å². The van der Waals surface area contributed by atoms with Crippen molar-refractivity contribution in [2.24, 2.45) is 5.92 Å². The number of aromatic nitrogens is 4. The summed E-state index contributed by atoms with van der Waals surface area (Å²) in [6, 6.07) is 8.47. The monoisotopic (exact) mass is 408 g/mol. The summed E-state index contributed by atoms with van der Waals surface area (Å²) < 4.78 is 1.57. The van der Waals surface area contributed by atoms with Gasteiger partial charge in [-0.2, -0.15) is 10.3 Å². The molecule has 0 spiro atoms. The molecule has 0 radical (unpaired) electrons. The van der Waals surface area contributed by atoms with Gasteiger partial charge in [0.25, 0.3) is 5.91 Å². The lowest BCUT2D eigenvalue weighted by Crippen LogP contribution is -3.00. The van der Waals surface area contributed by atoms with Gasteiger partial charge < -0.3 is 14.7 Å². The summed E-state index contributed by atoms with van der Waals surface area (Å²) in [7, 11) is 0. The van der Waals surface area contributed by atoms with E-state index < -0.39 is 10.8 Å². The SMILES string of the molecule is O=C(c1cc(-c2ccncc2)n[nH]1)N1CC2CC(C1)c1ccc([NH+]([O-])O)c(=O)n1C2. The zero-order chi connectivity index (χ0) is 20.8. The fraction of sp³-hybridized carbons (Fsp3) is 0.300. The van der Waals surface area contributed by atoms with Gasteiger partial charge in [0.1, 0.15) is 5.69 Å². The first-order chi connectivity index (χ1) is 14.5. The second-order valence-electron chi connectivity index (χ2n) is 7.80. The third-order valence-electron chi connectivity index (χ3n) is 5.91. The van der Waals surface area contributed by atoms with E-state index >= 15 is 0 Å². The van der Waals surface area contributed by atoms with Crippen LogP contribution in [0, 0.1) is 11.1 Å². The summed E-state index contributed by atoms with van der Waals surface area (Å²) in [6.07, 6.45) is 4.22. The van der Waals surface area contributed by atoms with Gasteiger partial charge in [0.15, 0.2) is 0 Å². The van der Waals surface area contributed by atoms with E-state index in [4.69, 9.17) is 0 Å². The van der Waals surface area contributed by atoms with Crippen molar-refractivity contribution in [3.05, 3.63) is 69.7 Å². The van der Waals surface area contributed by atoms with E-state index in [9.17, 15) is 20.0 Å². The number of likely N-dealkylation sites (tertiary alicyclic amines) is 1. The molecule has 10 nitrogen and oxygen atoms in total. The van der Waals surface area contributed by atoms with Crippen molar-refractivity contribution in [1.82, 2.24) is 24.6 Å². The van der Waals surface area contributed by atoms with Crippen LogP contribution in [-0.2, 0) is 6.54 Å². The van der Waals surface area contributed by atoms with Crippen molar-refractivity contribution in [2.75, 3.05) is 13.1 Å². The minimum absolute atomic E-state index is 0.000385. The fourth-order valence-electron chi connectivity index (χ4n) is 4.55. The van der Waals surface area contributed by atoms with Crippen molar-refractivity contribution in [1.29, 1.82) is 0 Å². The number of carbonyl (C=O) groups excluding carboxylic acids is 1. The van der Waals surface area contributed by atoms with Crippen molar-refractivity contribution < 1.29 is 15.2 Å². The molecule has 2 aliphatic heterocycles. The highest BCUT2D eigenvalue weighted by atomic mass is 16.8. The normalized spacial score (nSPS) is 21.2. The molecule has 5 rings (SSSR count). The lowest BCUT2D eigenvalue weighted by Gasteiger charge is -2.42. The van der Waals surface area contributed by atoms with Crippen LogP contribution >= 0.6 is 0 Å². The Kier molecular flexibility index (Phi) is 4.46. The Morgan fingerprint density at radius 1 is 1.20 bits per heavy atom. The summed E-state index contributed by atoms with van der Waals surface area (Å²) >= 11 is 0. The first kappa shape index (κ1) is 18.7. The minimum atomic E-state index is -1.22. The van der Waals surface area contributed by atoms with Crippen LogP contribution in [0.5, 0.6) is 0 Å². The molecule has 1 fully saturated rings. The van der Waals surface area contributed by atoms with Crippen molar-refractivity contribution >= 4 is 11.6 Å². The van der Waals surface area contributed by atoms with Crippen molar-refractivity contribution in [2.45, 2.75) is 18.9 Å². The maximum absolute atomic E-state index is 13.1. The van der Waals surface area contributed by atoms with E-state index in [1.54, 1.807) is 34.0 Å². The first-order valence-corrected chi connectivity index (χ1v) is 9.73. The summed E-state index contributed by atoms with van der Waals surface area (Å²) in [6.45, 7) is 1.41. The van der Waals surface area contributed by atoms with Gasteiger partial charge in [0.05, 0.1) is 5.69 Å². The number of hydrogen-bond donors (Lipinski definition) is 3. The minimum Gasteiger partial charge on any atom is -0.595 e. The molecule has 1 saturated heterocycles. The zero-order valence-corrected chi connectivity index (χ0v) is 16.0. The van der Waals surface area contributed by atoms with Crippen LogP contribution in [0.2, 0.25) is 0 Å². The van der Waals surface area contributed by atoms with Crippen molar-refractivity contribution in [3.8, 4) is 11.3 Å². The van der Waals surface area contributed by atoms with E-state index in [1.807, 2.05) is 12.1 Å². The highest BCUT2D eigenvalue weighted by Crippen LogP contribution is 2.35. The molecule has 30 heavy (non-hydrogen) atoms.